The Morgan fingerprint density at radius 2 is 1.68 bits per heavy atom. The summed E-state index contributed by atoms with van der Waals surface area (Å²) >= 11 is 0. The van der Waals surface area contributed by atoms with Crippen molar-refractivity contribution in [3.05, 3.63) is 65.0 Å². The maximum Gasteiger partial charge on any atom is 0.161 e. The fourth-order valence-corrected chi connectivity index (χ4v) is 2.58. The van der Waals surface area contributed by atoms with Crippen molar-refractivity contribution >= 4 is 11.0 Å². The normalized spacial score (nSPS) is 11.3. The molecule has 0 atom stereocenters. The molecule has 0 unspecified atom stereocenters. The summed E-state index contributed by atoms with van der Waals surface area (Å²) in [7, 11) is 0. The van der Waals surface area contributed by atoms with E-state index in [9.17, 15) is 8.78 Å². The van der Waals surface area contributed by atoms with Crippen LogP contribution >= 0.6 is 0 Å². The van der Waals surface area contributed by atoms with Gasteiger partial charge in [0.15, 0.2) is 11.6 Å². The molecule has 114 valence electrons. The lowest BCUT2D eigenvalue weighted by Crippen LogP contribution is -2.05. The van der Waals surface area contributed by atoms with Gasteiger partial charge in [-0.2, -0.15) is 0 Å². The minimum Gasteiger partial charge on any atom is -0.326 e. The lowest BCUT2D eigenvalue weighted by molar-refractivity contribution is 0.510. The molecule has 1 heterocycles. The van der Waals surface area contributed by atoms with Crippen LogP contribution in [0.15, 0.2) is 36.4 Å². The standard InChI is InChI=1S/C17H17F2N3/c1-2-17-21-15-7-13(18)14(19)8-16(15)22(17)10-12-5-3-11(9-20)4-6-12/h3-8H,2,9-10,20H2,1H3. The molecule has 0 amide bonds. The zero-order valence-electron chi connectivity index (χ0n) is 12.3. The first-order chi connectivity index (χ1) is 10.6. The first-order valence-corrected chi connectivity index (χ1v) is 7.24. The molecular formula is C17H17F2N3. The van der Waals surface area contributed by atoms with Gasteiger partial charge in [-0.15, -0.1) is 0 Å². The van der Waals surface area contributed by atoms with E-state index in [0.717, 1.165) is 23.0 Å². The molecule has 2 N–H and O–H groups in total. The SMILES string of the molecule is CCc1nc2cc(F)c(F)cc2n1Cc1ccc(CN)cc1. The van der Waals surface area contributed by atoms with E-state index in [0.29, 0.717) is 30.5 Å². The van der Waals surface area contributed by atoms with Gasteiger partial charge in [0.25, 0.3) is 0 Å². The van der Waals surface area contributed by atoms with E-state index in [4.69, 9.17) is 5.73 Å². The van der Waals surface area contributed by atoms with Gasteiger partial charge in [0, 0.05) is 31.6 Å². The summed E-state index contributed by atoms with van der Waals surface area (Å²) in [5.41, 5.74) is 8.81. The Morgan fingerprint density at radius 3 is 2.32 bits per heavy atom. The third-order valence-corrected chi connectivity index (χ3v) is 3.78. The average molecular weight is 301 g/mol. The van der Waals surface area contributed by atoms with E-state index in [1.807, 2.05) is 35.8 Å². The number of aryl methyl sites for hydroxylation is 1. The first-order valence-electron chi connectivity index (χ1n) is 7.24. The minimum absolute atomic E-state index is 0.481. The number of benzene rings is 2. The third kappa shape index (κ3) is 2.60. The van der Waals surface area contributed by atoms with Crippen LogP contribution in [-0.4, -0.2) is 9.55 Å². The summed E-state index contributed by atoms with van der Waals surface area (Å²) in [6.45, 7) is 3.04. The number of rotatable bonds is 4. The molecule has 0 spiro atoms. The minimum atomic E-state index is -0.868. The number of fused-ring (bicyclic) bond motifs is 1. The molecule has 2 aromatic carbocycles. The van der Waals surface area contributed by atoms with Crippen LogP contribution in [0, 0.1) is 11.6 Å². The number of halogens is 2. The van der Waals surface area contributed by atoms with Crippen LogP contribution in [0.1, 0.15) is 23.9 Å². The Labute approximate surface area is 127 Å². The highest BCUT2D eigenvalue weighted by Gasteiger charge is 2.13. The van der Waals surface area contributed by atoms with E-state index in [-0.39, 0.29) is 0 Å². The van der Waals surface area contributed by atoms with Crippen molar-refractivity contribution < 1.29 is 8.78 Å². The van der Waals surface area contributed by atoms with Gasteiger partial charge in [-0.1, -0.05) is 31.2 Å². The van der Waals surface area contributed by atoms with E-state index in [2.05, 4.69) is 4.98 Å². The first kappa shape index (κ1) is 14.7. The fourth-order valence-electron chi connectivity index (χ4n) is 2.58. The van der Waals surface area contributed by atoms with E-state index < -0.39 is 11.6 Å². The monoisotopic (exact) mass is 301 g/mol. The van der Waals surface area contributed by atoms with Gasteiger partial charge < -0.3 is 10.3 Å². The summed E-state index contributed by atoms with van der Waals surface area (Å²) in [4.78, 5) is 4.40. The maximum atomic E-state index is 13.5. The quantitative estimate of drug-likeness (QED) is 0.803. The highest BCUT2D eigenvalue weighted by molar-refractivity contribution is 5.76. The van der Waals surface area contributed by atoms with Gasteiger partial charge in [-0.3, -0.25) is 0 Å². The maximum absolute atomic E-state index is 13.5. The summed E-state index contributed by atoms with van der Waals surface area (Å²) in [5, 5.41) is 0. The molecule has 0 bridgehead atoms. The zero-order valence-corrected chi connectivity index (χ0v) is 12.3. The molecule has 0 radical (unpaired) electrons. The van der Waals surface area contributed by atoms with Crippen molar-refractivity contribution in [2.24, 2.45) is 5.73 Å². The molecule has 3 rings (SSSR count). The molecule has 5 heteroatoms. The van der Waals surface area contributed by atoms with Crippen molar-refractivity contribution in [1.29, 1.82) is 0 Å². The highest BCUT2D eigenvalue weighted by Crippen LogP contribution is 2.22. The number of nitrogens with two attached hydrogens (primary N) is 1. The smallest absolute Gasteiger partial charge is 0.161 e. The van der Waals surface area contributed by atoms with Crippen molar-refractivity contribution in [3.63, 3.8) is 0 Å². The van der Waals surface area contributed by atoms with E-state index in [1.165, 1.54) is 6.07 Å². The Kier molecular flexibility index (Phi) is 3.90. The zero-order chi connectivity index (χ0) is 15.7. The van der Waals surface area contributed by atoms with Crippen LogP contribution in [0.3, 0.4) is 0 Å². The fraction of sp³-hybridized carbons (Fsp3) is 0.235. The number of hydrogen-bond donors (Lipinski definition) is 1. The molecule has 0 aliphatic rings. The summed E-state index contributed by atoms with van der Waals surface area (Å²) in [6, 6.07) is 10.3. The molecule has 3 aromatic rings. The molecule has 0 aliphatic heterocycles. The number of imidazole rings is 1. The molecule has 0 saturated carbocycles. The van der Waals surface area contributed by atoms with Crippen LogP contribution < -0.4 is 5.73 Å². The largest absolute Gasteiger partial charge is 0.326 e. The summed E-state index contributed by atoms with van der Waals surface area (Å²) < 4.78 is 28.8. The Bertz CT molecular complexity index is 807. The third-order valence-electron chi connectivity index (χ3n) is 3.78. The van der Waals surface area contributed by atoms with Crippen molar-refractivity contribution in [2.75, 3.05) is 0 Å². The predicted octanol–water partition coefficient (Wildman–Crippen LogP) is 3.38. The van der Waals surface area contributed by atoms with Gasteiger partial charge in [0.2, 0.25) is 0 Å². The van der Waals surface area contributed by atoms with E-state index in [1.54, 1.807) is 0 Å². The van der Waals surface area contributed by atoms with Gasteiger partial charge in [-0.05, 0) is 11.1 Å². The van der Waals surface area contributed by atoms with Crippen LogP contribution in [0.5, 0.6) is 0 Å². The van der Waals surface area contributed by atoms with Gasteiger partial charge in [-0.25, -0.2) is 13.8 Å². The topological polar surface area (TPSA) is 43.8 Å². The molecular weight excluding hydrogens is 284 g/mol. The molecule has 22 heavy (non-hydrogen) atoms. The highest BCUT2D eigenvalue weighted by atomic mass is 19.2. The molecule has 3 nitrogen and oxygen atoms in total. The van der Waals surface area contributed by atoms with E-state index >= 15 is 0 Å². The second-order valence-corrected chi connectivity index (χ2v) is 5.24. The molecule has 0 fully saturated rings. The van der Waals surface area contributed by atoms with Crippen molar-refractivity contribution in [2.45, 2.75) is 26.4 Å². The van der Waals surface area contributed by atoms with Gasteiger partial charge >= 0.3 is 0 Å². The van der Waals surface area contributed by atoms with Gasteiger partial charge in [0.1, 0.15) is 5.82 Å². The lowest BCUT2D eigenvalue weighted by atomic mass is 10.1. The Morgan fingerprint density at radius 1 is 1.05 bits per heavy atom. The number of aromatic nitrogens is 2. The van der Waals surface area contributed by atoms with Crippen LogP contribution in [0.25, 0.3) is 11.0 Å². The Balaban J connectivity index is 2.05. The molecule has 1 aromatic heterocycles. The average Bonchev–Trinajstić information content (AvgIpc) is 2.86. The van der Waals surface area contributed by atoms with Crippen molar-refractivity contribution in [1.82, 2.24) is 9.55 Å². The van der Waals surface area contributed by atoms with Crippen LogP contribution in [0.2, 0.25) is 0 Å². The molecule has 0 aliphatic carbocycles. The second kappa shape index (κ2) is 5.85. The second-order valence-electron chi connectivity index (χ2n) is 5.24. The summed E-state index contributed by atoms with van der Waals surface area (Å²) in [5.74, 6) is -0.912. The van der Waals surface area contributed by atoms with Crippen molar-refractivity contribution in [3.8, 4) is 0 Å². The summed E-state index contributed by atoms with van der Waals surface area (Å²) in [6.07, 6.45) is 0.693. The number of hydrogen-bond acceptors (Lipinski definition) is 2. The lowest BCUT2D eigenvalue weighted by Gasteiger charge is -2.09. The van der Waals surface area contributed by atoms with Crippen LogP contribution in [-0.2, 0) is 19.5 Å². The predicted molar refractivity (Wildman–Crippen MR) is 82.5 cm³/mol. The Hall–Kier alpha value is -2.27. The van der Waals surface area contributed by atoms with Crippen LogP contribution in [0.4, 0.5) is 8.78 Å². The molecule has 0 saturated heterocycles. The van der Waals surface area contributed by atoms with Gasteiger partial charge in [0.05, 0.1) is 11.0 Å². The number of nitrogens with zero attached hydrogens (tertiary/aromatic N) is 2.